The Labute approximate surface area is 269 Å². The van der Waals surface area contributed by atoms with Crippen molar-refractivity contribution in [2.24, 2.45) is 51.2 Å². The molecule has 2 aromatic heterocycles. The molecular weight excluding hydrogens is 558 g/mol. The van der Waals surface area contributed by atoms with E-state index in [0.717, 1.165) is 44.3 Å². The van der Waals surface area contributed by atoms with E-state index in [1.165, 1.54) is 35.2 Å². The third-order valence-corrected chi connectivity index (χ3v) is 14.7. The van der Waals surface area contributed by atoms with Crippen LogP contribution in [0.4, 0.5) is 11.6 Å². The minimum absolute atomic E-state index is 0.0163. The van der Waals surface area contributed by atoms with Crippen LogP contribution in [0.1, 0.15) is 110 Å². The number of nitrogen functional groups attached to an aromatic ring is 1. The minimum Gasteiger partial charge on any atom is -0.481 e. The lowest BCUT2D eigenvalue weighted by atomic mass is 9.33. The fraction of sp³-hybridized carbons (Fsp3) is 0.711. The minimum atomic E-state index is -0.605. The molecule has 0 amide bonds. The quantitative estimate of drug-likeness (QED) is 0.327. The second-order valence-corrected chi connectivity index (χ2v) is 18.0. The topological polar surface area (TPSA) is 108 Å². The fourth-order valence-electron chi connectivity index (χ4n) is 12.5. The third-order valence-electron chi connectivity index (χ3n) is 14.7. The van der Waals surface area contributed by atoms with Gasteiger partial charge in [0.1, 0.15) is 11.6 Å². The van der Waals surface area contributed by atoms with Gasteiger partial charge in [-0.25, -0.2) is 4.98 Å². The lowest BCUT2D eigenvalue weighted by Crippen LogP contribution is -2.64. The molecule has 7 rings (SSSR count). The number of anilines is 2. The number of aromatic nitrogens is 3. The first kappa shape index (κ1) is 30.8. The van der Waals surface area contributed by atoms with E-state index in [1.807, 2.05) is 14.1 Å². The summed E-state index contributed by atoms with van der Waals surface area (Å²) < 4.78 is 0. The zero-order chi connectivity index (χ0) is 32.5. The number of rotatable bonds is 3. The number of fused-ring (bicyclic) bond motifs is 8. The van der Waals surface area contributed by atoms with E-state index in [0.29, 0.717) is 17.7 Å². The summed E-state index contributed by atoms with van der Waals surface area (Å²) in [6, 6.07) is 4.45. The van der Waals surface area contributed by atoms with E-state index < -0.39 is 5.97 Å². The van der Waals surface area contributed by atoms with Crippen LogP contribution in [0.5, 0.6) is 0 Å². The predicted molar refractivity (Wildman–Crippen MR) is 181 cm³/mol. The summed E-state index contributed by atoms with van der Waals surface area (Å²) in [7, 11) is 4.08. The van der Waals surface area contributed by atoms with Crippen molar-refractivity contribution < 1.29 is 9.90 Å². The Balaban J connectivity index is 1.45. The number of aliphatic carboxylic acids is 1. The smallest absolute Gasteiger partial charge is 0.306 e. The molecule has 2 heterocycles. The Morgan fingerprint density at radius 2 is 1.76 bits per heavy atom. The van der Waals surface area contributed by atoms with E-state index in [-0.39, 0.29) is 44.8 Å². The maximum absolute atomic E-state index is 12.8. The Bertz CT molecular complexity index is 1570. The van der Waals surface area contributed by atoms with Crippen LogP contribution in [-0.2, 0) is 16.6 Å². The summed E-state index contributed by atoms with van der Waals surface area (Å²) >= 11 is 0. The molecule has 45 heavy (non-hydrogen) atoms. The highest BCUT2D eigenvalue weighted by Crippen LogP contribution is 2.76. The molecule has 7 heteroatoms. The molecule has 7 nitrogen and oxygen atoms in total. The monoisotopic (exact) mass is 613 g/mol. The Morgan fingerprint density at radius 1 is 1.02 bits per heavy atom. The van der Waals surface area contributed by atoms with Gasteiger partial charge in [0, 0.05) is 37.0 Å². The molecular formula is C38H55N5O2. The van der Waals surface area contributed by atoms with Crippen LogP contribution in [0.15, 0.2) is 23.9 Å². The molecule has 8 atom stereocenters. The molecule has 0 spiro atoms. The standard InChI is InChI=1S/C38H55N5O2/c1-34(2)17-24-22(25(18-34)33(44)45)12-14-38(7)30(24)23(21-10-11-29(40-20-21)43(8)9)16-28-36(5)19-26-31(41-42-32(26)39)35(3,4)27(36)13-15-37(28,38)6/h10-11,20,22,24-25,27-28H,12-19H2,1-9H3,(H,44,45)(H3,39,41,42)/t22?,24?,25-,27?,28?,36?,37?,38?/m1/s1. The number of hydrogen-bond donors (Lipinski definition) is 3. The zero-order valence-electron chi connectivity index (χ0n) is 29.1. The van der Waals surface area contributed by atoms with E-state index in [9.17, 15) is 9.90 Å². The van der Waals surface area contributed by atoms with Crippen molar-refractivity contribution in [3.63, 3.8) is 0 Å². The third kappa shape index (κ3) is 4.10. The number of pyridine rings is 1. The van der Waals surface area contributed by atoms with Crippen molar-refractivity contribution in [1.82, 2.24) is 15.2 Å². The number of allylic oxidation sites excluding steroid dienone is 2. The van der Waals surface area contributed by atoms with Gasteiger partial charge in [-0.2, -0.15) is 5.10 Å². The molecule has 2 aromatic rings. The Kier molecular flexibility index (Phi) is 6.57. The molecule has 0 aliphatic heterocycles. The van der Waals surface area contributed by atoms with E-state index >= 15 is 0 Å². The summed E-state index contributed by atoms with van der Waals surface area (Å²) in [5.74, 6) is 2.16. The van der Waals surface area contributed by atoms with Crippen LogP contribution in [-0.4, -0.2) is 40.4 Å². The van der Waals surface area contributed by atoms with Gasteiger partial charge < -0.3 is 15.7 Å². The normalized spacial score (nSPS) is 39.5. The van der Waals surface area contributed by atoms with Crippen molar-refractivity contribution in [3.8, 4) is 0 Å². The van der Waals surface area contributed by atoms with Gasteiger partial charge in [0.15, 0.2) is 0 Å². The number of nitrogens with one attached hydrogen (secondary N) is 1. The van der Waals surface area contributed by atoms with Crippen LogP contribution in [0, 0.1) is 51.2 Å². The fourth-order valence-corrected chi connectivity index (χ4v) is 12.5. The lowest BCUT2D eigenvalue weighted by Gasteiger charge is -2.70. The summed E-state index contributed by atoms with van der Waals surface area (Å²) in [6.07, 6.45) is 10.3. The van der Waals surface area contributed by atoms with Gasteiger partial charge >= 0.3 is 5.97 Å². The number of hydrogen-bond acceptors (Lipinski definition) is 5. The van der Waals surface area contributed by atoms with Crippen molar-refractivity contribution in [3.05, 3.63) is 40.7 Å². The number of H-pyrrole nitrogens is 1. The molecule has 3 fully saturated rings. The van der Waals surface area contributed by atoms with Crippen molar-refractivity contribution in [1.29, 1.82) is 0 Å². The van der Waals surface area contributed by atoms with E-state index in [2.05, 4.69) is 81.9 Å². The summed E-state index contributed by atoms with van der Waals surface area (Å²) in [6.45, 7) is 17.2. The van der Waals surface area contributed by atoms with Crippen molar-refractivity contribution in [2.75, 3.05) is 24.7 Å². The predicted octanol–water partition coefficient (Wildman–Crippen LogP) is 7.74. The zero-order valence-corrected chi connectivity index (χ0v) is 29.1. The number of nitrogens with zero attached hydrogens (tertiary/aromatic N) is 3. The van der Waals surface area contributed by atoms with E-state index in [4.69, 9.17) is 10.7 Å². The van der Waals surface area contributed by atoms with Gasteiger partial charge in [0.25, 0.3) is 0 Å². The second kappa shape index (κ2) is 9.60. The van der Waals surface area contributed by atoms with Crippen molar-refractivity contribution in [2.45, 2.75) is 105 Å². The molecule has 5 aliphatic carbocycles. The molecule has 0 radical (unpaired) electrons. The van der Waals surface area contributed by atoms with Gasteiger partial charge in [-0.1, -0.05) is 54.0 Å². The number of nitrogens with two attached hydrogens (primary N) is 1. The maximum atomic E-state index is 12.8. The van der Waals surface area contributed by atoms with Gasteiger partial charge in [-0.05, 0) is 120 Å². The van der Waals surface area contributed by atoms with Crippen molar-refractivity contribution >= 4 is 23.2 Å². The molecule has 0 aromatic carbocycles. The van der Waals surface area contributed by atoms with Crippen LogP contribution >= 0.6 is 0 Å². The molecule has 0 saturated heterocycles. The Morgan fingerprint density at radius 3 is 2.40 bits per heavy atom. The summed E-state index contributed by atoms with van der Waals surface area (Å²) in [5.41, 5.74) is 13.3. The Hall–Kier alpha value is -2.83. The molecule has 0 bridgehead atoms. The first-order valence-corrected chi connectivity index (χ1v) is 17.4. The number of carboxylic acid groups (broad SMARTS) is 1. The van der Waals surface area contributed by atoms with Crippen LogP contribution in [0.3, 0.4) is 0 Å². The van der Waals surface area contributed by atoms with Gasteiger partial charge in [-0.15, -0.1) is 0 Å². The average molecular weight is 614 g/mol. The number of carboxylic acids is 1. The first-order valence-electron chi connectivity index (χ1n) is 17.4. The van der Waals surface area contributed by atoms with Crippen LogP contribution < -0.4 is 10.6 Å². The highest BCUT2D eigenvalue weighted by molar-refractivity contribution is 5.75. The molecule has 244 valence electrons. The van der Waals surface area contributed by atoms with Crippen LogP contribution in [0.2, 0.25) is 0 Å². The highest BCUT2D eigenvalue weighted by atomic mass is 16.4. The molecule has 4 N–H and O–H groups in total. The van der Waals surface area contributed by atoms with Gasteiger partial charge in [0.05, 0.1) is 5.92 Å². The largest absolute Gasteiger partial charge is 0.481 e. The second-order valence-electron chi connectivity index (χ2n) is 18.0. The highest BCUT2D eigenvalue weighted by Gasteiger charge is 2.68. The molecule has 3 saturated carbocycles. The summed E-state index contributed by atoms with van der Waals surface area (Å²) in [5, 5.41) is 18.4. The van der Waals surface area contributed by atoms with Gasteiger partial charge in [0.2, 0.25) is 0 Å². The molecule has 7 unspecified atom stereocenters. The first-order chi connectivity index (χ1) is 20.9. The van der Waals surface area contributed by atoms with Crippen LogP contribution in [0.25, 0.3) is 5.57 Å². The van der Waals surface area contributed by atoms with E-state index in [1.54, 1.807) is 5.57 Å². The maximum Gasteiger partial charge on any atom is 0.306 e. The number of carbonyl (C=O) groups is 1. The lowest BCUT2D eigenvalue weighted by molar-refractivity contribution is -0.161. The average Bonchev–Trinajstić information content (AvgIpc) is 3.32. The molecule has 5 aliphatic rings. The van der Waals surface area contributed by atoms with Gasteiger partial charge in [-0.3, -0.25) is 9.89 Å². The SMILES string of the molecule is CN(C)c1ccc(C2=C3C4CC(C)(C)C[C@@H](C(=O)O)C4CCC3(C)C3(C)CCC4C(C)(C)c5[nH]nc(N)c5CC4(C)C3C2)cn1. The summed E-state index contributed by atoms with van der Waals surface area (Å²) in [4.78, 5) is 19.8. The number of aromatic amines is 1.